The third kappa shape index (κ3) is 5.43. The second-order valence-corrected chi connectivity index (χ2v) is 5.56. The van der Waals surface area contributed by atoms with Gasteiger partial charge in [0.15, 0.2) is 6.61 Å². The van der Waals surface area contributed by atoms with Gasteiger partial charge in [0, 0.05) is 11.6 Å². The number of carbonyl (C=O) groups is 2. The molecule has 0 aliphatic carbocycles. The van der Waals surface area contributed by atoms with Gasteiger partial charge >= 0.3 is 5.97 Å². The predicted octanol–water partition coefficient (Wildman–Crippen LogP) is 2.95. The highest BCUT2D eigenvalue weighted by Gasteiger charge is 2.14. The third-order valence-electron chi connectivity index (χ3n) is 3.16. The van der Waals surface area contributed by atoms with Crippen LogP contribution in [0.3, 0.4) is 0 Å². The number of ether oxygens (including phenoxy) is 2. The molecule has 24 heavy (non-hydrogen) atoms. The van der Waals surface area contributed by atoms with Crippen LogP contribution in [0.25, 0.3) is 0 Å². The summed E-state index contributed by atoms with van der Waals surface area (Å²) in [6.45, 7) is 3.63. The molecule has 0 aliphatic rings. The second-order valence-electron chi connectivity index (χ2n) is 5.56. The number of amides is 1. The minimum Gasteiger partial charge on any atom is -0.489 e. The first-order valence-corrected chi connectivity index (χ1v) is 7.78. The molecule has 5 nitrogen and oxygen atoms in total. The highest BCUT2D eigenvalue weighted by Crippen LogP contribution is 2.15. The minimum absolute atomic E-state index is 0.00256. The van der Waals surface area contributed by atoms with Gasteiger partial charge in [-0.1, -0.05) is 36.4 Å². The third-order valence-corrected chi connectivity index (χ3v) is 3.16. The Balaban J connectivity index is 1.97. The van der Waals surface area contributed by atoms with E-state index in [0.717, 1.165) is 5.75 Å². The molecule has 0 radical (unpaired) electrons. The molecule has 0 heterocycles. The maximum Gasteiger partial charge on any atom is 0.339 e. The van der Waals surface area contributed by atoms with Crippen molar-refractivity contribution in [2.75, 3.05) is 6.61 Å². The van der Waals surface area contributed by atoms with Crippen molar-refractivity contribution in [1.29, 1.82) is 0 Å². The van der Waals surface area contributed by atoms with Crippen LogP contribution in [0.15, 0.2) is 54.6 Å². The van der Waals surface area contributed by atoms with Crippen LogP contribution in [0, 0.1) is 0 Å². The molecule has 5 heteroatoms. The fraction of sp³-hybridized carbons (Fsp3) is 0.263. The predicted molar refractivity (Wildman–Crippen MR) is 90.8 cm³/mol. The van der Waals surface area contributed by atoms with Gasteiger partial charge < -0.3 is 14.8 Å². The molecule has 0 saturated carbocycles. The second kappa shape index (κ2) is 8.72. The Morgan fingerprint density at radius 1 is 1.00 bits per heavy atom. The highest BCUT2D eigenvalue weighted by atomic mass is 16.5. The molecule has 0 saturated heterocycles. The van der Waals surface area contributed by atoms with Crippen LogP contribution in [0.1, 0.15) is 29.8 Å². The van der Waals surface area contributed by atoms with Gasteiger partial charge in [-0.25, -0.2) is 4.79 Å². The van der Waals surface area contributed by atoms with E-state index in [0.29, 0.717) is 11.1 Å². The fourth-order valence-corrected chi connectivity index (χ4v) is 2.10. The molecular weight excluding hydrogens is 306 g/mol. The first-order chi connectivity index (χ1) is 11.6. The van der Waals surface area contributed by atoms with E-state index >= 15 is 0 Å². The van der Waals surface area contributed by atoms with E-state index < -0.39 is 5.97 Å². The first-order valence-electron chi connectivity index (χ1n) is 7.78. The monoisotopic (exact) mass is 327 g/mol. The van der Waals surface area contributed by atoms with Gasteiger partial charge in [-0.05, 0) is 32.0 Å². The molecule has 0 aliphatic heterocycles. The van der Waals surface area contributed by atoms with Crippen molar-refractivity contribution in [3.8, 4) is 5.75 Å². The SMILES string of the molecule is CC(C)NC(=O)COC(=O)c1ccccc1COc1ccccc1. The molecular formula is C19H21NO4. The molecule has 0 atom stereocenters. The van der Waals surface area contributed by atoms with Crippen molar-refractivity contribution >= 4 is 11.9 Å². The van der Waals surface area contributed by atoms with Gasteiger partial charge in [-0.15, -0.1) is 0 Å². The lowest BCUT2D eigenvalue weighted by Crippen LogP contribution is -2.34. The lowest BCUT2D eigenvalue weighted by Gasteiger charge is -2.12. The molecule has 126 valence electrons. The summed E-state index contributed by atoms with van der Waals surface area (Å²) < 4.78 is 10.8. The van der Waals surface area contributed by atoms with E-state index in [9.17, 15) is 9.59 Å². The number of nitrogens with one attached hydrogen (secondary N) is 1. The summed E-state index contributed by atoms with van der Waals surface area (Å²) in [6.07, 6.45) is 0. The molecule has 1 amide bonds. The molecule has 2 rings (SSSR count). The van der Waals surface area contributed by atoms with E-state index in [2.05, 4.69) is 5.32 Å². The highest BCUT2D eigenvalue weighted by molar-refractivity contribution is 5.92. The normalized spacial score (nSPS) is 10.3. The van der Waals surface area contributed by atoms with Crippen molar-refractivity contribution in [2.45, 2.75) is 26.5 Å². The van der Waals surface area contributed by atoms with Crippen molar-refractivity contribution in [1.82, 2.24) is 5.32 Å². The van der Waals surface area contributed by atoms with Gasteiger partial charge in [-0.3, -0.25) is 4.79 Å². The van der Waals surface area contributed by atoms with E-state index in [-0.39, 0.29) is 25.2 Å². The van der Waals surface area contributed by atoms with Crippen molar-refractivity contribution in [3.05, 3.63) is 65.7 Å². The number of benzene rings is 2. The Bertz CT molecular complexity index is 683. The number of hydrogen-bond acceptors (Lipinski definition) is 4. The maximum absolute atomic E-state index is 12.2. The summed E-state index contributed by atoms with van der Waals surface area (Å²) in [7, 11) is 0. The summed E-state index contributed by atoms with van der Waals surface area (Å²) >= 11 is 0. The van der Waals surface area contributed by atoms with Crippen LogP contribution in [-0.2, 0) is 16.1 Å². The Morgan fingerprint density at radius 2 is 1.67 bits per heavy atom. The van der Waals surface area contributed by atoms with Gasteiger partial charge in [0.2, 0.25) is 0 Å². The molecule has 0 fully saturated rings. The summed E-state index contributed by atoms with van der Waals surface area (Å²) in [5.41, 5.74) is 1.10. The number of hydrogen-bond donors (Lipinski definition) is 1. The molecule has 0 spiro atoms. The van der Waals surface area contributed by atoms with Gasteiger partial charge in [0.05, 0.1) is 5.56 Å². The van der Waals surface area contributed by atoms with E-state index in [1.54, 1.807) is 18.2 Å². The van der Waals surface area contributed by atoms with Crippen LogP contribution in [0.4, 0.5) is 0 Å². The summed E-state index contributed by atoms with van der Waals surface area (Å²) in [6, 6.07) is 16.4. The van der Waals surface area contributed by atoms with E-state index in [1.165, 1.54) is 0 Å². The number of para-hydroxylation sites is 1. The zero-order valence-electron chi connectivity index (χ0n) is 13.8. The van der Waals surface area contributed by atoms with E-state index in [4.69, 9.17) is 9.47 Å². The molecule has 2 aromatic carbocycles. The van der Waals surface area contributed by atoms with Gasteiger partial charge in [0.1, 0.15) is 12.4 Å². The largest absolute Gasteiger partial charge is 0.489 e. The van der Waals surface area contributed by atoms with Crippen molar-refractivity contribution < 1.29 is 19.1 Å². The molecule has 0 unspecified atom stereocenters. The Kier molecular flexibility index (Phi) is 6.37. The Labute approximate surface area is 141 Å². The Morgan fingerprint density at radius 3 is 2.38 bits per heavy atom. The molecule has 1 N–H and O–H groups in total. The fourth-order valence-electron chi connectivity index (χ4n) is 2.10. The van der Waals surface area contributed by atoms with Crippen LogP contribution >= 0.6 is 0 Å². The minimum atomic E-state index is -0.541. The standard InChI is InChI=1S/C19H21NO4/c1-14(2)20-18(21)13-24-19(22)17-11-7-6-8-15(17)12-23-16-9-4-3-5-10-16/h3-11,14H,12-13H2,1-2H3,(H,20,21). The van der Waals surface area contributed by atoms with Crippen LogP contribution in [0.5, 0.6) is 5.75 Å². The zero-order chi connectivity index (χ0) is 17.4. The van der Waals surface area contributed by atoms with Crippen LogP contribution in [-0.4, -0.2) is 24.5 Å². The van der Waals surface area contributed by atoms with E-state index in [1.807, 2.05) is 50.2 Å². The number of rotatable bonds is 7. The topological polar surface area (TPSA) is 64.6 Å². The van der Waals surface area contributed by atoms with Crippen molar-refractivity contribution in [2.24, 2.45) is 0 Å². The summed E-state index contributed by atoms with van der Waals surface area (Å²) in [5.74, 6) is -0.144. The van der Waals surface area contributed by atoms with Gasteiger partial charge in [0.25, 0.3) is 5.91 Å². The Hall–Kier alpha value is -2.82. The quantitative estimate of drug-likeness (QED) is 0.794. The summed E-state index contributed by atoms with van der Waals surface area (Å²) in [4.78, 5) is 23.8. The maximum atomic E-state index is 12.2. The van der Waals surface area contributed by atoms with Crippen LogP contribution in [0.2, 0.25) is 0 Å². The number of esters is 1. The lowest BCUT2D eigenvalue weighted by molar-refractivity contribution is -0.124. The number of carbonyl (C=O) groups excluding carboxylic acids is 2. The molecule has 0 aromatic heterocycles. The average molecular weight is 327 g/mol. The first kappa shape index (κ1) is 17.5. The summed E-state index contributed by atoms with van der Waals surface area (Å²) in [5, 5.41) is 2.67. The molecule has 0 bridgehead atoms. The average Bonchev–Trinajstić information content (AvgIpc) is 2.58. The molecule has 2 aromatic rings. The van der Waals surface area contributed by atoms with Crippen molar-refractivity contribution in [3.63, 3.8) is 0 Å². The zero-order valence-corrected chi connectivity index (χ0v) is 13.8. The van der Waals surface area contributed by atoms with Gasteiger partial charge in [-0.2, -0.15) is 0 Å². The lowest BCUT2D eigenvalue weighted by atomic mass is 10.1. The smallest absolute Gasteiger partial charge is 0.339 e. The van der Waals surface area contributed by atoms with Crippen LogP contribution < -0.4 is 10.1 Å².